The van der Waals surface area contributed by atoms with Crippen molar-refractivity contribution < 1.29 is 0 Å². The largest absolute Gasteiger partial charge is 0.333 e. The molecule has 0 fully saturated rings. The maximum absolute atomic E-state index is 4.50. The van der Waals surface area contributed by atoms with Crippen LogP contribution in [0.3, 0.4) is 0 Å². The van der Waals surface area contributed by atoms with Gasteiger partial charge < -0.3 is 17.2 Å². The van der Waals surface area contributed by atoms with Gasteiger partial charge in [-0.2, -0.15) is 0 Å². The lowest BCUT2D eigenvalue weighted by Gasteiger charge is -1.19. The molecule has 6 N–H and O–H groups in total. The molecule has 9 heavy (non-hydrogen) atoms. The van der Waals surface area contributed by atoms with Gasteiger partial charge in [0.15, 0.2) is 0 Å². The van der Waals surface area contributed by atoms with Crippen molar-refractivity contribution in [2.24, 2.45) is 17.2 Å². The molecule has 0 aliphatic rings. The molecule has 0 saturated heterocycles. The Kier molecular flexibility index (Phi) is 1980. The molecule has 0 atom stereocenters. The van der Waals surface area contributed by atoms with Crippen molar-refractivity contribution in [2.45, 2.75) is 0 Å². The molecule has 0 spiro atoms. The van der Waals surface area contributed by atoms with Crippen LogP contribution in [0.5, 0.6) is 0 Å². The third-order valence-electron chi connectivity index (χ3n) is 0. The first kappa shape index (κ1) is 48.0. The smallest absolute Gasteiger partial charge is 0.0195 e. The maximum Gasteiger partial charge on any atom is -0.0195 e. The Hall–Kier alpha value is 1.32. The Morgan fingerprint density at radius 3 is 0.444 bits per heavy atom. The third-order valence-corrected chi connectivity index (χ3v) is 0. The summed E-state index contributed by atoms with van der Waals surface area (Å²) in [5, 5.41) is 0. The van der Waals surface area contributed by atoms with E-state index in [4.69, 9.17) is 0 Å². The van der Waals surface area contributed by atoms with E-state index in [-0.39, 0.29) is 50.9 Å². The SMILES string of the molecule is Br.Br.Br.CN.CN.CN. The van der Waals surface area contributed by atoms with Crippen LogP contribution >= 0.6 is 50.9 Å². The molecule has 0 amide bonds. The van der Waals surface area contributed by atoms with Crippen LogP contribution in [0.1, 0.15) is 0 Å². The lowest BCUT2D eigenvalue weighted by molar-refractivity contribution is 1.48. The number of halogens is 3. The van der Waals surface area contributed by atoms with E-state index in [1.165, 1.54) is 21.1 Å². The number of hydrogen-bond donors (Lipinski definition) is 3. The van der Waals surface area contributed by atoms with Gasteiger partial charge in [-0.15, -0.1) is 50.9 Å². The molecule has 0 saturated carbocycles. The van der Waals surface area contributed by atoms with Gasteiger partial charge in [-0.3, -0.25) is 0 Å². The van der Waals surface area contributed by atoms with E-state index >= 15 is 0 Å². The highest BCUT2D eigenvalue weighted by Crippen LogP contribution is 0.848. The van der Waals surface area contributed by atoms with E-state index in [1.807, 2.05) is 0 Å². The Balaban J connectivity index is -0.00000000321. The summed E-state index contributed by atoms with van der Waals surface area (Å²) >= 11 is 0. The lowest BCUT2D eigenvalue weighted by Crippen LogP contribution is -1.69. The standard InChI is InChI=1S/3CH5N.3BrH/c3*1-2;;;/h3*2H2,1H3;3*1H. The topological polar surface area (TPSA) is 78.1 Å². The number of rotatable bonds is 0. The van der Waals surface area contributed by atoms with Crippen molar-refractivity contribution >= 4 is 50.9 Å². The van der Waals surface area contributed by atoms with E-state index in [1.54, 1.807) is 0 Å². The van der Waals surface area contributed by atoms with Gasteiger partial charge in [-0.25, -0.2) is 0 Å². The Morgan fingerprint density at radius 1 is 0.444 bits per heavy atom. The molecule has 0 aliphatic carbocycles. The molecule has 0 aromatic rings. The van der Waals surface area contributed by atoms with Gasteiger partial charge in [0.1, 0.15) is 0 Å². The Bertz CT molecular complexity index is 14.3. The van der Waals surface area contributed by atoms with Crippen LogP contribution in [0.25, 0.3) is 0 Å². The fourth-order valence-corrected chi connectivity index (χ4v) is 0. The minimum Gasteiger partial charge on any atom is -0.333 e. The highest BCUT2D eigenvalue weighted by molar-refractivity contribution is 8.93. The molecule has 66 valence electrons. The lowest BCUT2D eigenvalue weighted by atomic mass is 11.6. The van der Waals surface area contributed by atoms with Crippen molar-refractivity contribution in [3.05, 3.63) is 0 Å². The molecule has 0 aromatic heterocycles. The van der Waals surface area contributed by atoms with Crippen LogP contribution in [0.2, 0.25) is 0 Å². The van der Waals surface area contributed by atoms with Gasteiger partial charge in [-0.05, 0) is 21.1 Å². The summed E-state index contributed by atoms with van der Waals surface area (Å²) in [4.78, 5) is 0. The second-order valence-corrected chi connectivity index (χ2v) is 0. The van der Waals surface area contributed by atoms with E-state index in [2.05, 4.69) is 17.2 Å². The molecular weight excluding hydrogens is 318 g/mol. The van der Waals surface area contributed by atoms with Crippen molar-refractivity contribution in [1.82, 2.24) is 0 Å². The van der Waals surface area contributed by atoms with Crippen LogP contribution in [0.4, 0.5) is 0 Å². The maximum atomic E-state index is 4.50. The number of nitrogens with two attached hydrogens (primary N) is 3. The predicted octanol–water partition coefficient (Wildman–Crippen LogP) is 0.458. The molecule has 0 radical (unpaired) electrons. The van der Waals surface area contributed by atoms with Crippen molar-refractivity contribution in [3.63, 3.8) is 0 Å². The van der Waals surface area contributed by atoms with Crippen molar-refractivity contribution in [2.75, 3.05) is 21.1 Å². The monoisotopic (exact) mass is 333 g/mol. The van der Waals surface area contributed by atoms with Crippen LogP contribution < -0.4 is 17.2 Å². The molecule has 3 nitrogen and oxygen atoms in total. The third kappa shape index (κ3) is 287. The normalized spacial score (nSPS) is 2.00. The minimum absolute atomic E-state index is 0. The van der Waals surface area contributed by atoms with Crippen molar-refractivity contribution in [3.8, 4) is 0 Å². The average Bonchev–Trinajstić information content (AvgIpc) is 1.81. The Labute approximate surface area is 89.0 Å². The van der Waals surface area contributed by atoms with Gasteiger partial charge in [-0.1, -0.05) is 0 Å². The first-order chi connectivity index (χ1) is 3.00. The summed E-state index contributed by atoms with van der Waals surface area (Å²) < 4.78 is 0. The zero-order chi connectivity index (χ0) is 6.00. The average molecular weight is 336 g/mol. The van der Waals surface area contributed by atoms with E-state index in [0.29, 0.717) is 0 Å². The molecular formula is C3H18Br3N3. The first-order valence-corrected chi connectivity index (χ1v) is 1.73. The second kappa shape index (κ2) is 370. The zero-order valence-electron chi connectivity index (χ0n) is 5.96. The highest BCUT2D eigenvalue weighted by Gasteiger charge is 0.840. The van der Waals surface area contributed by atoms with Gasteiger partial charge in [0.2, 0.25) is 0 Å². The Morgan fingerprint density at radius 2 is 0.444 bits per heavy atom. The van der Waals surface area contributed by atoms with E-state index < -0.39 is 0 Å². The summed E-state index contributed by atoms with van der Waals surface area (Å²) in [5.41, 5.74) is 13.5. The van der Waals surface area contributed by atoms with E-state index in [0.717, 1.165) is 0 Å². The predicted molar refractivity (Wildman–Crippen MR) is 61.3 cm³/mol. The highest BCUT2D eigenvalue weighted by atomic mass is 79.9. The summed E-state index contributed by atoms with van der Waals surface area (Å²) in [6.07, 6.45) is 0. The first-order valence-electron chi connectivity index (χ1n) is 1.73. The quantitative estimate of drug-likeness (QED) is 0.602. The summed E-state index contributed by atoms with van der Waals surface area (Å²) in [6.45, 7) is 0. The van der Waals surface area contributed by atoms with Crippen LogP contribution in [-0.2, 0) is 0 Å². The molecule has 0 rings (SSSR count). The molecule has 0 heterocycles. The molecule has 0 bridgehead atoms. The van der Waals surface area contributed by atoms with Gasteiger partial charge in [0, 0.05) is 0 Å². The summed E-state index contributed by atoms with van der Waals surface area (Å²) in [6, 6.07) is 0. The van der Waals surface area contributed by atoms with E-state index in [9.17, 15) is 0 Å². The fourth-order valence-electron chi connectivity index (χ4n) is 0. The van der Waals surface area contributed by atoms with Crippen molar-refractivity contribution in [1.29, 1.82) is 0 Å². The minimum atomic E-state index is 0. The van der Waals surface area contributed by atoms with Gasteiger partial charge >= 0.3 is 0 Å². The summed E-state index contributed by atoms with van der Waals surface area (Å²) in [5.74, 6) is 0. The number of hydrogen-bond acceptors (Lipinski definition) is 3. The second-order valence-electron chi connectivity index (χ2n) is 0. The fraction of sp³-hybridized carbons (Fsp3) is 1.00. The zero-order valence-corrected chi connectivity index (χ0v) is 11.1. The van der Waals surface area contributed by atoms with Gasteiger partial charge in [0.25, 0.3) is 0 Å². The summed E-state index contributed by atoms with van der Waals surface area (Å²) in [7, 11) is 4.50. The van der Waals surface area contributed by atoms with Crippen LogP contribution in [0.15, 0.2) is 0 Å². The van der Waals surface area contributed by atoms with Crippen LogP contribution in [0, 0.1) is 0 Å². The van der Waals surface area contributed by atoms with Gasteiger partial charge in [0.05, 0.1) is 0 Å². The molecule has 0 aliphatic heterocycles. The molecule has 6 heteroatoms. The molecule has 0 aromatic carbocycles. The molecule has 0 unspecified atom stereocenters. The van der Waals surface area contributed by atoms with Crippen LogP contribution in [-0.4, -0.2) is 21.1 Å².